The van der Waals surface area contributed by atoms with E-state index in [9.17, 15) is 4.79 Å². The van der Waals surface area contributed by atoms with Crippen molar-refractivity contribution in [2.24, 2.45) is 5.92 Å². The number of aliphatic carboxylic acids is 1. The molecular formula is C14H28O2Si. The molecule has 1 N–H and O–H groups in total. The smallest absolute Gasteiger partial charge is 0.306 e. The molecule has 1 aliphatic rings. The summed E-state index contributed by atoms with van der Waals surface area (Å²) in [5, 5.41) is 9.00. The van der Waals surface area contributed by atoms with E-state index in [1.54, 1.807) is 0 Å². The van der Waals surface area contributed by atoms with Crippen LogP contribution < -0.4 is 0 Å². The Balaban J connectivity index is 2.18. The summed E-state index contributed by atoms with van der Waals surface area (Å²) in [4.78, 5) is 10.9. The molecule has 3 heteroatoms. The lowest BCUT2D eigenvalue weighted by atomic mass is 10.0. The molecule has 1 aliphatic heterocycles. The predicted octanol–water partition coefficient (Wildman–Crippen LogP) is 4.53. The van der Waals surface area contributed by atoms with Crippen molar-refractivity contribution in [3.63, 3.8) is 0 Å². The van der Waals surface area contributed by atoms with Gasteiger partial charge in [0, 0.05) is 0 Å². The van der Waals surface area contributed by atoms with Crippen LogP contribution in [-0.2, 0) is 4.79 Å². The van der Waals surface area contributed by atoms with Gasteiger partial charge in [-0.1, -0.05) is 63.7 Å². The summed E-state index contributed by atoms with van der Waals surface area (Å²) in [7, 11) is -1.05. The number of carbonyl (C=O) groups is 1. The fourth-order valence-corrected chi connectivity index (χ4v) is 6.91. The fraction of sp³-hybridized carbons (Fsp3) is 0.929. The van der Waals surface area contributed by atoms with Gasteiger partial charge in [0.05, 0.1) is 14.0 Å². The SMILES string of the molecule is CCCCCCC[Si]1(C)CCC(C(=O)O)CC1. The molecule has 0 spiro atoms. The van der Waals surface area contributed by atoms with E-state index in [2.05, 4.69) is 13.5 Å². The lowest BCUT2D eigenvalue weighted by Crippen LogP contribution is -2.36. The molecule has 0 aromatic carbocycles. The standard InChI is InChI=1S/C14H28O2Si/c1-3-4-5-6-7-10-17(2)11-8-13(9-12-17)14(15)16/h13H,3-12H2,1-2H3,(H,15,16). The van der Waals surface area contributed by atoms with Crippen LogP contribution >= 0.6 is 0 Å². The largest absolute Gasteiger partial charge is 0.481 e. The molecule has 17 heavy (non-hydrogen) atoms. The molecule has 0 aromatic rings. The van der Waals surface area contributed by atoms with Gasteiger partial charge in [0.2, 0.25) is 0 Å². The molecule has 1 heterocycles. The van der Waals surface area contributed by atoms with Gasteiger partial charge in [-0.2, -0.15) is 0 Å². The molecule has 2 nitrogen and oxygen atoms in total. The molecule has 0 aromatic heterocycles. The Labute approximate surface area is 107 Å². The highest BCUT2D eigenvalue weighted by Crippen LogP contribution is 2.36. The lowest BCUT2D eigenvalue weighted by Gasteiger charge is -2.34. The Kier molecular flexibility index (Phi) is 6.24. The van der Waals surface area contributed by atoms with Crippen LogP contribution in [0.5, 0.6) is 0 Å². The molecule has 0 bridgehead atoms. The molecule has 0 unspecified atom stereocenters. The first-order valence-electron chi connectivity index (χ1n) is 7.30. The van der Waals surface area contributed by atoms with E-state index in [1.807, 2.05) is 0 Å². The minimum atomic E-state index is -1.05. The number of carboxylic acids is 1. The third-order valence-corrected chi connectivity index (χ3v) is 8.98. The van der Waals surface area contributed by atoms with Crippen LogP contribution in [0.4, 0.5) is 0 Å². The first kappa shape index (κ1) is 14.7. The first-order valence-corrected chi connectivity index (χ1v) is 10.4. The summed E-state index contributed by atoms with van der Waals surface area (Å²) in [6.07, 6.45) is 8.76. The number of carboxylic acid groups (broad SMARTS) is 1. The molecule has 0 aliphatic carbocycles. The van der Waals surface area contributed by atoms with Crippen molar-refractivity contribution < 1.29 is 9.90 Å². The Hall–Kier alpha value is -0.313. The molecule has 100 valence electrons. The molecule has 0 amide bonds. The molecular weight excluding hydrogens is 228 g/mol. The third-order valence-electron chi connectivity index (χ3n) is 4.43. The highest BCUT2D eigenvalue weighted by molar-refractivity contribution is 6.78. The van der Waals surface area contributed by atoms with Gasteiger partial charge in [-0.25, -0.2) is 0 Å². The molecule has 1 fully saturated rings. The Morgan fingerprint density at radius 1 is 1.18 bits per heavy atom. The van der Waals surface area contributed by atoms with Crippen LogP contribution in [0.15, 0.2) is 0 Å². The second-order valence-corrected chi connectivity index (χ2v) is 11.2. The summed E-state index contributed by atoms with van der Waals surface area (Å²) in [5.41, 5.74) is 0. The van der Waals surface area contributed by atoms with Gasteiger partial charge >= 0.3 is 5.97 Å². The molecule has 1 saturated heterocycles. The Morgan fingerprint density at radius 3 is 2.29 bits per heavy atom. The summed E-state index contributed by atoms with van der Waals surface area (Å²) < 4.78 is 0. The maximum Gasteiger partial charge on any atom is 0.306 e. The van der Waals surface area contributed by atoms with E-state index < -0.39 is 14.0 Å². The van der Waals surface area contributed by atoms with Gasteiger partial charge in [0.25, 0.3) is 0 Å². The van der Waals surface area contributed by atoms with Gasteiger partial charge in [-0.15, -0.1) is 0 Å². The highest BCUT2D eigenvalue weighted by Gasteiger charge is 2.34. The van der Waals surface area contributed by atoms with Crippen molar-refractivity contribution in [3.05, 3.63) is 0 Å². The third kappa shape index (κ3) is 5.24. The van der Waals surface area contributed by atoms with Gasteiger partial charge in [0.15, 0.2) is 0 Å². The van der Waals surface area contributed by atoms with Crippen LogP contribution in [0.25, 0.3) is 0 Å². The Bertz CT molecular complexity index is 232. The Morgan fingerprint density at radius 2 is 1.76 bits per heavy atom. The lowest BCUT2D eigenvalue weighted by molar-refractivity contribution is -0.142. The maximum atomic E-state index is 10.9. The van der Waals surface area contributed by atoms with Crippen LogP contribution in [0.2, 0.25) is 24.7 Å². The second kappa shape index (κ2) is 7.19. The van der Waals surface area contributed by atoms with Crippen molar-refractivity contribution in [1.82, 2.24) is 0 Å². The zero-order valence-corrected chi connectivity index (χ0v) is 12.5. The zero-order valence-electron chi connectivity index (χ0n) is 11.5. The molecule has 1 rings (SSSR count). The summed E-state index contributed by atoms with van der Waals surface area (Å²) >= 11 is 0. The van der Waals surface area contributed by atoms with Gasteiger partial charge in [-0.05, 0) is 12.8 Å². The van der Waals surface area contributed by atoms with Crippen LogP contribution in [0, 0.1) is 5.92 Å². The second-order valence-electron chi connectivity index (χ2n) is 6.09. The summed E-state index contributed by atoms with van der Waals surface area (Å²) in [6, 6.07) is 3.93. The van der Waals surface area contributed by atoms with Gasteiger partial charge in [0.1, 0.15) is 0 Å². The van der Waals surface area contributed by atoms with E-state index >= 15 is 0 Å². The van der Waals surface area contributed by atoms with Crippen LogP contribution in [0.3, 0.4) is 0 Å². The molecule has 0 saturated carbocycles. The van der Waals surface area contributed by atoms with E-state index in [-0.39, 0.29) is 5.92 Å². The number of hydrogen-bond acceptors (Lipinski definition) is 1. The van der Waals surface area contributed by atoms with E-state index in [0.29, 0.717) is 0 Å². The van der Waals surface area contributed by atoms with E-state index in [1.165, 1.54) is 50.2 Å². The normalized spacial score (nSPS) is 29.2. The van der Waals surface area contributed by atoms with Gasteiger partial charge < -0.3 is 5.11 Å². The highest BCUT2D eigenvalue weighted by atomic mass is 28.3. The van der Waals surface area contributed by atoms with Crippen LogP contribution in [0.1, 0.15) is 51.9 Å². The number of hydrogen-bond donors (Lipinski definition) is 1. The van der Waals surface area contributed by atoms with E-state index in [4.69, 9.17) is 5.11 Å². The quantitative estimate of drug-likeness (QED) is 0.537. The zero-order chi connectivity index (χ0) is 12.7. The van der Waals surface area contributed by atoms with E-state index in [0.717, 1.165) is 12.8 Å². The predicted molar refractivity (Wildman–Crippen MR) is 75.2 cm³/mol. The maximum absolute atomic E-state index is 10.9. The minimum absolute atomic E-state index is 0.0318. The number of rotatable bonds is 7. The fourth-order valence-electron chi connectivity index (χ4n) is 2.97. The number of unbranched alkanes of at least 4 members (excludes halogenated alkanes) is 4. The van der Waals surface area contributed by atoms with Crippen molar-refractivity contribution in [2.75, 3.05) is 0 Å². The average Bonchev–Trinajstić information content (AvgIpc) is 2.29. The van der Waals surface area contributed by atoms with Crippen LogP contribution in [-0.4, -0.2) is 19.1 Å². The molecule has 0 atom stereocenters. The van der Waals surface area contributed by atoms with Crippen molar-refractivity contribution in [2.45, 2.75) is 76.5 Å². The van der Waals surface area contributed by atoms with Gasteiger partial charge in [-0.3, -0.25) is 4.79 Å². The van der Waals surface area contributed by atoms with Crippen molar-refractivity contribution >= 4 is 14.0 Å². The molecule has 0 radical (unpaired) electrons. The topological polar surface area (TPSA) is 37.3 Å². The first-order chi connectivity index (χ1) is 8.07. The summed E-state index contributed by atoms with van der Waals surface area (Å²) in [5.74, 6) is -0.598. The van der Waals surface area contributed by atoms with Crippen molar-refractivity contribution in [1.29, 1.82) is 0 Å². The monoisotopic (exact) mass is 256 g/mol. The minimum Gasteiger partial charge on any atom is -0.481 e. The average molecular weight is 256 g/mol. The summed E-state index contributed by atoms with van der Waals surface area (Å²) in [6.45, 7) is 4.74. The van der Waals surface area contributed by atoms with Crippen molar-refractivity contribution in [3.8, 4) is 0 Å².